The summed E-state index contributed by atoms with van der Waals surface area (Å²) in [5, 5.41) is 11.5. The average molecular weight is 287 g/mol. The van der Waals surface area contributed by atoms with Gasteiger partial charge in [-0.25, -0.2) is 0 Å². The van der Waals surface area contributed by atoms with E-state index in [-0.39, 0.29) is 5.41 Å². The molecule has 3 N–H and O–H groups in total. The number of rotatable bonds is 2. The van der Waals surface area contributed by atoms with Gasteiger partial charge in [-0.05, 0) is 55.6 Å². The van der Waals surface area contributed by atoms with Gasteiger partial charge < -0.3 is 10.8 Å². The van der Waals surface area contributed by atoms with Crippen molar-refractivity contribution in [2.24, 2.45) is 17.1 Å². The average Bonchev–Trinajstić information content (AvgIpc) is 2.69. The van der Waals surface area contributed by atoms with Crippen LogP contribution in [-0.4, -0.2) is 17.3 Å². The molecule has 2 heteroatoms. The first-order chi connectivity index (χ1) is 10.1. The number of hydrogen-bond donors (Lipinski definition) is 2. The molecule has 0 saturated heterocycles. The van der Waals surface area contributed by atoms with Gasteiger partial charge in [-0.2, -0.15) is 0 Å². The van der Waals surface area contributed by atoms with Crippen molar-refractivity contribution in [1.29, 1.82) is 0 Å². The molecule has 0 heterocycles. The lowest BCUT2D eigenvalue weighted by atomic mass is 9.59. The van der Waals surface area contributed by atoms with Gasteiger partial charge in [0.05, 0.1) is 5.60 Å². The predicted molar refractivity (Wildman–Crippen MR) is 87.2 cm³/mol. The minimum absolute atomic E-state index is 0.120. The number of aryl methyl sites for hydroxylation is 1. The Hall–Kier alpha value is -0.860. The van der Waals surface area contributed by atoms with Gasteiger partial charge in [0.2, 0.25) is 0 Å². The van der Waals surface area contributed by atoms with E-state index in [0.717, 1.165) is 50.9 Å². The summed E-state index contributed by atoms with van der Waals surface area (Å²) in [5.74, 6) is 0.740. The highest BCUT2D eigenvalue weighted by Crippen LogP contribution is 2.49. The van der Waals surface area contributed by atoms with Crippen LogP contribution in [0.25, 0.3) is 0 Å². The maximum atomic E-state index is 11.5. The fourth-order valence-electron chi connectivity index (χ4n) is 4.59. The van der Waals surface area contributed by atoms with Crippen LogP contribution >= 0.6 is 0 Å². The van der Waals surface area contributed by atoms with Crippen molar-refractivity contribution in [2.45, 2.75) is 63.9 Å². The van der Waals surface area contributed by atoms with Gasteiger partial charge in [0.15, 0.2) is 0 Å². The maximum absolute atomic E-state index is 11.5. The number of nitrogens with two attached hydrogens (primary N) is 1. The molecule has 3 unspecified atom stereocenters. The normalized spacial score (nSPS) is 36.8. The van der Waals surface area contributed by atoms with E-state index in [1.54, 1.807) is 0 Å². The first-order valence-electron chi connectivity index (χ1n) is 8.58. The van der Waals surface area contributed by atoms with Crippen molar-refractivity contribution in [3.8, 4) is 0 Å². The Morgan fingerprint density at radius 1 is 1.14 bits per heavy atom. The van der Waals surface area contributed by atoms with E-state index >= 15 is 0 Å². The Morgan fingerprint density at radius 2 is 1.90 bits per heavy atom. The molecule has 0 amide bonds. The summed E-state index contributed by atoms with van der Waals surface area (Å²) in [6.07, 6.45) is 8.42. The summed E-state index contributed by atoms with van der Waals surface area (Å²) in [7, 11) is 0. The summed E-state index contributed by atoms with van der Waals surface area (Å²) in [6.45, 7) is 2.92. The van der Waals surface area contributed by atoms with Crippen LogP contribution in [0.4, 0.5) is 0 Å². The Labute approximate surface area is 128 Å². The van der Waals surface area contributed by atoms with Crippen LogP contribution < -0.4 is 5.73 Å². The molecule has 2 aliphatic carbocycles. The predicted octanol–water partition coefficient (Wildman–Crippen LogP) is 3.45. The van der Waals surface area contributed by atoms with Crippen LogP contribution in [0.5, 0.6) is 0 Å². The van der Waals surface area contributed by atoms with Gasteiger partial charge in [0.25, 0.3) is 0 Å². The topological polar surface area (TPSA) is 46.2 Å². The molecule has 0 bridgehead atoms. The maximum Gasteiger partial charge on any atom is 0.0719 e. The first kappa shape index (κ1) is 15.1. The second-order valence-electron chi connectivity index (χ2n) is 7.50. The SMILES string of the molecule is CC1CCCC(O)(C2(CN)CCc3ccccc3C2)CC1. The lowest BCUT2D eigenvalue weighted by Gasteiger charge is -2.49. The van der Waals surface area contributed by atoms with Crippen LogP contribution in [-0.2, 0) is 12.8 Å². The van der Waals surface area contributed by atoms with Crippen LogP contribution in [0.2, 0.25) is 0 Å². The van der Waals surface area contributed by atoms with Crippen molar-refractivity contribution < 1.29 is 5.11 Å². The molecule has 1 aromatic rings. The summed E-state index contributed by atoms with van der Waals surface area (Å²) in [5.41, 5.74) is 8.40. The quantitative estimate of drug-likeness (QED) is 0.818. The van der Waals surface area contributed by atoms with Gasteiger partial charge in [0, 0.05) is 12.0 Å². The van der Waals surface area contributed by atoms with Gasteiger partial charge in [-0.1, -0.05) is 44.0 Å². The molecular formula is C19H29NO. The molecule has 0 aliphatic heterocycles. The van der Waals surface area contributed by atoms with Crippen molar-refractivity contribution in [2.75, 3.05) is 6.54 Å². The lowest BCUT2D eigenvalue weighted by molar-refractivity contribution is -0.0995. The van der Waals surface area contributed by atoms with Crippen molar-refractivity contribution >= 4 is 0 Å². The van der Waals surface area contributed by atoms with E-state index in [2.05, 4.69) is 31.2 Å². The zero-order chi connectivity index (χ0) is 14.9. The van der Waals surface area contributed by atoms with E-state index in [0.29, 0.717) is 6.54 Å². The highest BCUT2D eigenvalue weighted by Gasteiger charge is 2.50. The van der Waals surface area contributed by atoms with E-state index in [1.165, 1.54) is 17.5 Å². The zero-order valence-electron chi connectivity index (χ0n) is 13.3. The van der Waals surface area contributed by atoms with E-state index in [4.69, 9.17) is 5.73 Å². The highest BCUT2D eigenvalue weighted by atomic mass is 16.3. The summed E-state index contributed by atoms with van der Waals surface area (Å²) >= 11 is 0. The van der Waals surface area contributed by atoms with Crippen molar-refractivity contribution in [1.82, 2.24) is 0 Å². The molecule has 2 nitrogen and oxygen atoms in total. The first-order valence-corrected chi connectivity index (χ1v) is 8.58. The molecule has 1 aromatic carbocycles. The number of hydrogen-bond acceptors (Lipinski definition) is 2. The zero-order valence-corrected chi connectivity index (χ0v) is 13.3. The third-order valence-corrected chi connectivity index (χ3v) is 6.24. The molecule has 0 spiro atoms. The van der Waals surface area contributed by atoms with Crippen molar-refractivity contribution in [3.63, 3.8) is 0 Å². The molecule has 0 aromatic heterocycles. The molecule has 1 saturated carbocycles. The Morgan fingerprint density at radius 3 is 2.67 bits per heavy atom. The molecule has 0 radical (unpaired) electrons. The van der Waals surface area contributed by atoms with Gasteiger partial charge in [-0.3, -0.25) is 0 Å². The van der Waals surface area contributed by atoms with E-state index in [9.17, 15) is 5.11 Å². The number of benzene rings is 1. The third-order valence-electron chi connectivity index (χ3n) is 6.24. The molecule has 3 atom stereocenters. The van der Waals surface area contributed by atoms with E-state index < -0.39 is 5.60 Å². The second kappa shape index (κ2) is 5.73. The molecule has 21 heavy (non-hydrogen) atoms. The third kappa shape index (κ3) is 2.64. The van der Waals surface area contributed by atoms with Gasteiger partial charge in [-0.15, -0.1) is 0 Å². The summed E-state index contributed by atoms with van der Waals surface area (Å²) in [6, 6.07) is 8.69. The van der Waals surface area contributed by atoms with Gasteiger partial charge >= 0.3 is 0 Å². The Bertz CT molecular complexity index is 500. The summed E-state index contributed by atoms with van der Waals surface area (Å²) < 4.78 is 0. The molecule has 116 valence electrons. The fraction of sp³-hybridized carbons (Fsp3) is 0.684. The summed E-state index contributed by atoms with van der Waals surface area (Å²) in [4.78, 5) is 0. The van der Waals surface area contributed by atoms with Crippen LogP contribution in [0, 0.1) is 11.3 Å². The lowest BCUT2D eigenvalue weighted by Crippen LogP contribution is -2.55. The minimum atomic E-state index is -0.569. The van der Waals surface area contributed by atoms with Crippen molar-refractivity contribution in [3.05, 3.63) is 35.4 Å². The molecule has 3 rings (SSSR count). The van der Waals surface area contributed by atoms with Crippen LogP contribution in [0.1, 0.15) is 56.6 Å². The minimum Gasteiger partial charge on any atom is -0.389 e. The molecule has 2 aliphatic rings. The number of fused-ring (bicyclic) bond motifs is 1. The highest BCUT2D eigenvalue weighted by molar-refractivity contribution is 5.32. The standard InChI is InChI=1S/C19H29NO/c1-15-5-4-10-19(21,12-8-15)18(14-20)11-9-16-6-2-3-7-17(16)13-18/h2-3,6-7,15,21H,4-5,8-14,20H2,1H3. The molecular weight excluding hydrogens is 258 g/mol. The Balaban J connectivity index is 1.90. The van der Waals surface area contributed by atoms with Crippen LogP contribution in [0.3, 0.4) is 0 Å². The monoisotopic (exact) mass is 287 g/mol. The number of aliphatic hydroxyl groups is 1. The van der Waals surface area contributed by atoms with E-state index in [1.807, 2.05) is 0 Å². The molecule has 1 fully saturated rings. The Kier molecular flexibility index (Phi) is 4.11. The van der Waals surface area contributed by atoms with Gasteiger partial charge in [0.1, 0.15) is 0 Å². The smallest absolute Gasteiger partial charge is 0.0719 e. The fourth-order valence-corrected chi connectivity index (χ4v) is 4.59. The second-order valence-corrected chi connectivity index (χ2v) is 7.50. The largest absolute Gasteiger partial charge is 0.389 e. The van der Waals surface area contributed by atoms with Crippen LogP contribution in [0.15, 0.2) is 24.3 Å².